The number of hydrogen-bond acceptors (Lipinski definition) is 4. The second-order valence-electron chi connectivity index (χ2n) is 5.41. The quantitative estimate of drug-likeness (QED) is 0.912. The van der Waals surface area contributed by atoms with Gasteiger partial charge in [0.05, 0.1) is 11.2 Å². The number of nitrogens with zero attached hydrogens (tertiary/aromatic N) is 1. The minimum Gasteiger partial charge on any atom is -0.302 e. The molecule has 4 heteroatoms. The third-order valence-electron chi connectivity index (χ3n) is 3.71. The molecule has 0 aliphatic carbocycles. The van der Waals surface area contributed by atoms with E-state index in [1.165, 1.54) is 27.8 Å². The number of aryl methyl sites for hydroxylation is 2. The van der Waals surface area contributed by atoms with Crippen LogP contribution in [0.2, 0.25) is 0 Å². The van der Waals surface area contributed by atoms with Crippen LogP contribution in [0.3, 0.4) is 0 Å². The lowest BCUT2D eigenvalue weighted by molar-refractivity contribution is 0.304. The summed E-state index contributed by atoms with van der Waals surface area (Å²) in [6.07, 6.45) is 2.24. The van der Waals surface area contributed by atoms with Gasteiger partial charge in [-0.2, -0.15) is 11.8 Å². The smallest absolute Gasteiger partial charge is 0.114 e. The Labute approximate surface area is 119 Å². The maximum Gasteiger partial charge on any atom is 0.114 e. The van der Waals surface area contributed by atoms with Crippen molar-refractivity contribution in [2.75, 3.05) is 5.75 Å². The summed E-state index contributed by atoms with van der Waals surface area (Å²) >= 11 is 3.96. The van der Waals surface area contributed by atoms with Gasteiger partial charge >= 0.3 is 0 Å². The maximum absolute atomic E-state index is 4.93. The van der Waals surface area contributed by atoms with Crippen molar-refractivity contribution in [1.29, 1.82) is 0 Å². The number of nitrogens with one attached hydrogen (secondary N) is 1. The minimum atomic E-state index is 0.0989. The molecule has 102 valence electrons. The molecule has 1 aromatic rings. The van der Waals surface area contributed by atoms with Gasteiger partial charge in [-0.25, -0.2) is 4.98 Å². The molecule has 1 saturated heterocycles. The zero-order valence-electron chi connectivity index (χ0n) is 12.0. The molecule has 1 aliphatic heterocycles. The Hall–Kier alpha value is -0.0600. The van der Waals surface area contributed by atoms with E-state index in [0.717, 1.165) is 6.42 Å². The Morgan fingerprint density at radius 3 is 2.67 bits per heavy atom. The van der Waals surface area contributed by atoms with Crippen LogP contribution in [0, 0.1) is 6.92 Å². The molecule has 1 aliphatic rings. The summed E-state index contributed by atoms with van der Waals surface area (Å²) in [6, 6.07) is 0.500. The van der Waals surface area contributed by atoms with Crippen LogP contribution in [-0.2, 0) is 12.0 Å². The van der Waals surface area contributed by atoms with Gasteiger partial charge in [0, 0.05) is 16.2 Å². The van der Waals surface area contributed by atoms with Crippen molar-refractivity contribution < 1.29 is 0 Å². The Kier molecular flexibility index (Phi) is 4.40. The van der Waals surface area contributed by atoms with Crippen molar-refractivity contribution in [3.8, 4) is 0 Å². The van der Waals surface area contributed by atoms with Gasteiger partial charge in [-0.1, -0.05) is 13.8 Å². The van der Waals surface area contributed by atoms with Crippen molar-refractivity contribution in [1.82, 2.24) is 10.3 Å². The van der Waals surface area contributed by atoms with Gasteiger partial charge < -0.3 is 5.32 Å². The lowest BCUT2D eigenvalue weighted by Gasteiger charge is -2.34. The van der Waals surface area contributed by atoms with Crippen molar-refractivity contribution >= 4 is 23.1 Å². The summed E-state index contributed by atoms with van der Waals surface area (Å²) in [7, 11) is 0. The molecule has 2 heterocycles. The zero-order valence-corrected chi connectivity index (χ0v) is 13.7. The van der Waals surface area contributed by atoms with Gasteiger partial charge in [-0.3, -0.25) is 0 Å². The Bertz CT molecular complexity index is 414. The van der Waals surface area contributed by atoms with Gasteiger partial charge in [0.25, 0.3) is 0 Å². The van der Waals surface area contributed by atoms with E-state index >= 15 is 0 Å². The Morgan fingerprint density at radius 2 is 2.22 bits per heavy atom. The molecule has 2 atom stereocenters. The van der Waals surface area contributed by atoms with E-state index in [2.05, 4.69) is 51.7 Å². The molecule has 0 amide bonds. The molecule has 0 aromatic carbocycles. The molecule has 1 N–H and O–H groups in total. The van der Waals surface area contributed by atoms with E-state index in [1.54, 1.807) is 0 Å². The van der Waals surface area contributed by atoms with Crippen molar-refractivity contribution in [2.45, 2.75) is 64.3 Å². The highest BCUT2D eigenvalue weighted by Gasteiger charge is 2.45. The van der Waals surface area contributed by atoms with Crippen LogP contribution in [0.25, 0.3) is 0 Å². The highest BCUT2D eigenvalue weighted by Crippen LogP contribution is 2.45. The molecule has 2 nitrogen and oxygen atoms in total. The molecule has 0 radical (unpaired) electrons. The van der Waals surface area contributed by atoms with E-state index in [-0.39, 0.29) is 5.54 Å². The lowest BCUT2D eigenvalue weighted by atomic mass is 9.92. The third kappa shape index (κ3) is 2.47. The molecule has 0 saturated carbocycles. The molecular weight excluding hydrogens is 260 g/mol. The number of thioether (sulfide) groups is 1. The molecule has 18 heavy (non-hydrogen) atoms. The van der Waals surface area contributed by atoms with Gasteiger partial charge in [-0.05, 0) is 39.4 Å². The first-order valence-corrected chi connectivity index (χ1v) is 8.72. The topological polar surface area (TPSA) is 24.9 Å². The summed E-state index contributed by atoms with van der Waals surface area (Å²) in [5, 5.41) is 5.73. The molecule has 2 unspecified atom stereocenters. The fourth-order valence-electron chi connectivity index (χ4n) is 2.74. The highest BCUT2D eigenvalue weighted by atomic mass is 32.2. The highest BCUT2D eigenvalue weighted by molar-refractivity contribution is 8.00. The van der Waals surface area contributed by atoms with E-state index in [4.69, 9.17) is 4.98 Å². The van der Waals surface area contributed by atoms with Gasteiger partial charge in [0.2, 0.25) is 0 Å². The van der Waals surface area contributed by atoms with Crippen LogP contribution in [0.1, 0.15) is 49.7 Å². The maximum atomic E-state index is 4.93. The zero-order chi connectivity index (χ0) is 13.3. The Balaban J connectivity index is 2.39. The minimum absolute atomic E-state index is 0.0989. The average molecular weight is 284 g/mol. The Morgan fingerprint density at radius 1 is 1.50 bits per heavy atom. The lowest BCUT2D eigenvalue weighted by Crippen LogP contribution is -2.49. The van der Waals surface area contributed by atoms with Gasteiger partial charge in [-0.15, -0.1) is 11.3 Å². The number of rotatable bonds is 4. The number of thiazole rings is 1. The van der Waals surface area contributed by atoms with Crippen molar-refractivity contribution in [3.05, 3.63) is 15.6 Å². The largest absolute Gasteiger partial charge is 0.302 e. The molecular formula is C14H24N2S2. The second kappa shape index (κ2) is 5.51. The van der Waals surface area contributed by atoms with E-state index in [9.17, 15) is 0 Å². The van der Waals surface area contributed by atoms with Crippen LogP contribution >= 0.6 is 23.1 Å². The van der Waals surface area contributed by atoms with Crippen LogP contribution in [-0.4, -0.2) is 22.0 Å². The first kappa shape index (κ1) is 14.4. The fraction of sp³-hybridized carbons (Fsp3) is 0.786. The third-order valence-corrected chi connectivity index (χ3v) is 6.25. The van der Waals surface area contributed by atoms with E-state index in [1.807, 2.05) is 11.3 Å². The standard InChI is InChI=1S/C14H24N2S2/c1-6-12-10(4)18-13(15-12)14(16-9(2)3)7-8-17-11(14)5/h9,11,16H,6-8H2,1-5H3. The van der Waals surface area contributed by atoms with Gasteiger partial charge in [0.15, 0.2) is 0 Å². The second-order valence-corrected chi connectivity index (χ2v) is 8.06. The van der Waals surface area contributed by atoms with E-state index in [0.29, 0.717) is 11.3 Å². The monoisotopic (exact) mass is 284 g/mol. The summed E-state index contributed by atoms with van der Waals surface area (Å²) < 4.78 is 0. The first-order chi connectivity index (χ1) is 8.49. The number of aromatic nitrogens is 1. The summed E-state index contributed by atoms with van der Waals surface area (Å²) in [4.78, 5) is 6.32. The molecule has 0 spiro atoms. The van der Waals surface area contributed by atoms with Gasteiger partial charge in [0.1, 0.15) is 5.01 Å². The normalized spacial score (nSPS) is 28.2. The summed E-state index contributed by atoms with van der Waals surface area (Å²) in [5.74, 6) is 1.24. The molecule has 1 fully saturated rings. The molecule has 1 aromatic heterocycles. The van der Waals surface area contributed by atoms with Crippen LogP contribution in [0.15, 0.2) is 0 Å². The van der Waals surface area contributed by atoms with E-state index < -0.39 is 0 Å². The number of hydrogen-bond donors (Lipinski definition) is 1. The van der Waals surface area contributed by atoms with Crippen LogP contribution in [0.4, 0.5) is 0 Å². The van der Waals surface area contributed by atoms with Crippen molar-refractivity contribution in [3.63, 3.8) is 0 Å². The average Bonchev–Trinajstić information content (AvgIpc) is 2.83. The fourth-order valence-corrected chi connectivity index (χ4v) is 5.46. The SMILES string of the molecule is CCc1nc(C2(NC(C)C)CCSC2C)sc1C. The summed E-state index contributed by atoms with van der Waals surface area (Å²) in [6.45, 7) is 11.2. The molecule has 0 bridgehead atoms. The molecule has 2 rings (SSSR count). The predicted octanol–water partition coefficient (Wildman–Crippen LogP) is 3.73. The summed E-state index contributed by atoms with van der Waals surface area (Å²) in [5.41, 5.74) is 1.38. The predicted molar refractivity (Wildman–Crippen MR) is 82.7 cm³/mol. The van der Waals surface area contributed by atoms with Crippen LogP contribution < -0.4 is 5.32 Å². The van der Waals surface area contributed by atoms with Crippen LogP contribution in [0.5, 0.6) is 0 Å². The first-order valence-electron chi connectivity index (χ1n) is 6.85. The van der Waals surface area contributed by atoms with Crippen molar-refractivity contribution in [2.24, 2.45) is 0 Å².